The number of carbonyl (C=O) groups is 5. The molecule has 1 aromatic heterocycles. The first-order valence-electron chi connectivity index (χ1n) is 19.8. The van der Waals surface area contributed by atoms with Gasteiger partial charge in [-0.2, -0.15) is 0 Å². The molecule has 0 saturated carbocycles. The molecule has 2 rings (SSSR count). The van der Waals surface area contributed by atoms with Crippen molar-refractivity contribution < 1.29 is 33.1 Å². The van der Waals surface area contributed by atoms with Gasteiger partial charge < -0.3 is 70.1 Å². The number of fused-ring (bicyclic) bond motifs is 1. The van der Waals surface area contributed by atoms with Gasteiger partial charge in [-0.1, -0.05) is 27.2 Å². The molecule has 22 heteroatoms. The van der Waals surface area contributed by atoms with E-state index < -0.39 is 65.4 Å². The molecule has 0 fully saturated rings. The molecule has 0 radical (unpaired) electrons. The van der Waals surface area contributed by atoms with Crippen LogP contribution in [0.25, 0.3) is 11.0 Å². The van der Waals surface area contributed by atoms with Crippen molar-refractivity contribution in [3.05, 3.63) is 40.2 Å². The van der Waals surface area contributed by atoms with E-state index in [1.54, 1.807) is 32.9 Å². The third kappa shape index (κ3) is 18.3. The molecule has 17 N–H and O–H groups in total. The Kier molecular flexibility index (Phi) is 21.2. The summed E-state index contributed by atoms with van der Waals surface area (Å²) < 4.78 is 10.5. The Morgan fingerprint density at radius 1 is 0.683 bits per heavy atom. The standard InChI is InChI=1S/C38H62N14O8/c1-5-6-18-59-38(58)51-27(12-9-17-47-37(43)44)33(56)52-30(21(2)3)34(57)50-26(11-8-16-46-36(41)42)32(55)49-25(10-7-15-45-35(39)40)31(54)48-23-13-14-24-22(4)19-29(53)60-28(24)20-23/h13-14,19-21,25-27,30H,5-12,15-18H2,1-4H3,(H,48,54)(H,49,55)(H,50,57)(H,51,58)(H,52,56)(H4,39,40,45)(H4,41,42,46)(H4,43,44,47)/t25-,26-,27-,30-/m0/s1. The van der Waals surface area contributed by atoms with Gasteiger partial charge in [0.05, 0.1) is 6.61 Å². The molecule has 0 aliphatic carbocycles. The van der Waals surface area contributed by atoms with E-state index in [1.165, 1.54) is 12.1 Å². The predicted octanol–water partition coefficient (Wildman–Crippen LogP) is -0.794. The normalized spacial score (nSPS) is 12.8. The zero-order valence-corrected chi connectivity index (χ0v) is 34.8. The van der Waals surface area contributed by atoms with Gasteiger partial charge in [-0.15, -0.1) is 0 Å². The van der Waals surface area contributed by atoms with Crippen LogP contribution in [0.2, 0.25) is 0 Å². The third-order valence-electron chi connectivity index (χ3n) is 8.91. The Balaban J connectivity index is 2.36. The number of carbonyl (C=O) groups excluding carboxylic acids is 5. The van der Waals surface area contributed by atoms with E-state index in [0.717, 1.165) is 6.42 Å². The summed E-state index contributed by atoms with van der Waals surface area (Å²) in [5, 5.41) is 14.1. The number of nitrogens with zero attached hydrogens (tertiary/aromatic N) is 3. The second-order valence-corrected chi connectivity index (χ2v) is 14.3. The van der Waals surface area contributed by atoms with Crippen molar-refractivity contribution in [1.29, 1.82) is 0 Å². The quantitative estimate of drug-likeness (QED) is 0.0253. The minimum absolute atomic E-state index is 0.0249. The molecule has 2 aromatic rings. The Hall–Kier alpha value is -6.61. The Morgan fingerprint density at radius 2 is 1.18 bits per heavy atom. The summed E-state index contributed by atoms with van der Waals surface area (Å²) in [5.41, 5.74) is 33.4. The van der Waals surface area contributed by atoms with Gasteiger partial charge in [0.15, 0.2) is 17.9 Å². The fraction of sp³-hybridized carbons (Fsp3) is 0.553. The maximum absolute atomic E-state index is 14.0. The number of nitrogens with one attached hydrogen (secondary N) is 5. The van der Waals surface area contributed by atoms with Crippen LogP contribution < -0.4 is 66.6 Å². The Bertz CT molecular complexity index is 1900. The number of anilines is 1. The summed E-state index contributed by atoms with van der Waals surface area (Å²) in [6.45, 7) is 7.66. The van der Waals surface area contributed by atoms with Crippen molar-refractivity contribution in [3.8, 4) is 0 Å². The Labute approximate surface area is 348 Å². The zero-order chi connectivity index (χ0) is 44.8. The van der Waals surface area contributed by atoms with Crippen LogP contribution in [0.1, 0.15) is 77.7 Å². The number of hydrogen-bond donors (Lipinski definition) is 11. The lowest BCUT2D eigenvalue weighted by Crippen LogP contribution is -2.59. The highest BCUT2D eigenvalue weighted by atomic mass is 16.5. The number of aryl methyl sites for hydroxylation is 1. The molecular weight excluding hydrogens is 781 g/mol. The molecule has 5 amide bonds. The molecule has 0 aliphatic heterocycles. The molecule has 0 aliphatic rings. The largest absolute Gasteiger partial charge is 0.450 e. The van der Waals surface area contributed by atoms with Crippen LogP contribution in [0.5, 0.6) is 0 Å². The molecule has 332 valence electrons. The SMILES string of the molecule is CCCCOC(=O)N[C@@H](CCCN=C(N)N)C(=O)N[C@H](C(=O)N[C@@H](CCCN=C(N)N)C(=O)N[C@@H](CCCN=C(N)N)C(=O)Nc1ccc2c(C)cc(=O)oc2c1)C(C)C. The van der Waals surface area contributed by atoms with Crippen LogP contribution in [-0.2, 0) is 23.9 Å². The van der Waals surface area contributed by atoms with E-state index in [2.05, 4.69) is 41.6 Å². The number of rotatable bonds is 25. The lowest BCUT2D eigenvalue weighted by atomic mass is 10.0. The van der Waals surface area contributed by atoms with Gasteiger partial charge in [0, 0.05) is 42.8 Å². The van der Waals surface area contributed by atoms with Crippen LogP contribution in [0.15, 0.2) is 48.5 Å². The predicted molar refractivity (Wildman–Crippen MR) is 229 cm³/mol. The van der Waals surface area contributed by atoms with Crippen LogP contribution >= 0.6 is 0 Å². The number of amides is 5. The van der Waals surface area contributed by atoms with Crippen molar-refractivity contribution in [2.45, 2.75) is 103 Å². The first kappa shape index (κ1) is 49.5. The highest BCUT2D eigenvalue weighted by molar-refractivity contribution is 6.00. The maximum Gasteiger partial charge on any atom is 0.407 e. The molecule has 60 heavy (non-hydrogen) atoms. The molecule has 1 aromatic carbocycles. The molecule has 0 bridgehead atoms. The molecule has 4 atom stereocenters. The molecule has 22 nitrogen and oxygen atoms in total. The topological polar surface area (TPSA) is 378 Å². The summed E-state index contributed by atoms with van der Waals surface area (Å²) >= 11 is 0. The van der Waals surface area contributed by atoms with E-state index in [0.29, 0.717) is 29.5 Å². The van der Waals surface area contributed by atoms with Crippen LogP contribution in [0, 0.1) is 12.8 Å². The zero-order valence-electron chi connectivity index (χ0n) is 34.8. The number of alkyl carbamates (subject to hydrolysis) is 1. The maximum atomic E-state index is 14.0. The van der Waals surface area contributed by atoms with Gasteiger partial charge in [0.2, 0.25) is 23.6 Å². The molecule has 0 saturated heterocycles. The van der Waals surface area contributed by atoms with E-state index in [9.17, 15) is 28.8 Å². The average molecular weight is 843 g/mol. The molecule has 0 spiro atoms. The minimum Gasteiger partial charge on any atom is -0.450 e. The highest BCUT2D eigenvalue weighted by Crippen LogP contribution is 2.21. The molecule has 0 unspecified atom stereocenters. The van der Waals surface area contributed by atoms with Crippen molar-refractivity contribution in [2.75, 3.05) is 31.6 Å². The number of unbranched alkanes of at least 4 members (excludes halogenated alkanes) is 1. The summed E-state index contributed by atoms with van der Waals surface area (Å²) in [6.07, 6.45) is 1.62. The number of aliphatic imine (C=N–C) groups is 3. The smallest absolute Gasteiger partial charge is 0.407 e. The summed E-state index contributed by atoms with van der Waals surface area (Å²) in [5.74, 6) is -3.69. The number of hydrogen-bond acceptors (Lipinski definition) is 11. The summed E-state index contributed by atoms with van der Waals surface area (Å²) in [4.78, 5) is 91.7. The van der Waals surface area contributed by atoms with Crippen LogP contribution in [0.4, 0.5) is 10.5 Å². The number of benzene rings is 1. The fourth-order valence-electron chi connectivity index (χ4n) is 5.76. The van der Waals surface area contributed by atoms with Crippen molar-refractivity contribution >= 4 is 64.3 Å². The van der Waals surface area contributed by atoms with Crippen molar-refractivity contribution in [2.24, 2.45) is 55.3 Å². The lowest BCUT2D eigenvalue weighted by molar-refractivity contribution is -0.134. The average Bonchev–Trinajstić information content (AvgIpc) is 3.16. The number of guanidine groups is 3. The molecular formula is C38H62N14O8. The first-order valence-corrected chi connectivity index (χ1v) is 19.8. The van der Waals surface area contributed by atoms with Gasteiger partial charge in [-0.3, -0.25) is 34.2 Å². The van der Waals surface area contributed by atoms with Crippen molar-refractivity contribution in [1.82, 2.24) is 21.3 Å². The lowest BCUT2D eigenvalue weighted by Gasteiger charge is -2.28. The second-order valence-electron chi connectivity index (χ2n) is 14.3. The van der Waals surface area contributed by atoms with Crippen LogP contribution in [0.3, 0.4) is 0 Å². The van der Waals surface area contributed by atoms with Gasteiger partial charge in [-0.25, -0.2) is 9.59 Å². The monoisotopic (exact) mass is 842 g/mol. The van der Waals surface area contributed by atoms with Gasteiger partial charge in [-0.05, 0) is 75.5 Å². The van der Waals surface area contributed by atoms with Gasteiger partial charge in [0.25, 0.3) is 0 Å². The fourth-order valence-corrected chi connectivity index (χ4v) is 5.76. The minimum atomic E-state index is -1.24. The van der Waals surface area contributed by atoms with E-state index in [-0.39, 0.29) is 81.8 Å². The van der Waals surface area contributed by atoms with E-state index in [4.69, 9.17) is 43.6 Å². The Morgan fingerprint density at radius 3 is 1.70 bits per heavy atom. The first-order chi connectivity index (χ1) is 28.4. The van der Waals surface area contributed by atoms with Gasteiger partial charge >= 0.3 is 11.7 Å². The van der Waals surface area contributed by atoms with Crippen LogP contribution in [-0.4, -0.2) is 98.0 Å². The second kappa shape index (κ2) is 25.7. The third-order valence-corrected chi connectivity index (χ3v) is 8.91. The van der Waals surface area contributed by atoms with E-state index in [1.807, 2.05) is 6.92 Å². The molecule has 1 heterocycles. The summed E-state index contributed by atoms with van der Waals surface area (Å²) in [7, 11) is 0. The number of nitrogens with two attached hydrogens (primary N) is 6. The van der Waals surface area contributed by atoms with E-state index >= 15 is 0 Å². The van der Waals surface area contributed by atoms with Gasteiger partial charge in [0.1, 0.15) is 29.8 Å². The highest BCUT2D eigenvalue weighted by Gasteiger charge is 2.33. The summed E-state index contributed by atoms with van der Waals surface area (Å²) in [6, 6.07) is 1.45. The number of ether oxygens (including phenoxy) is 1. The van der Waals surface area contributed by atoms with Crippen molar-refractivity contribution in [3.63, 3.8) is 0 Å².